The van der Waals surface area contributed by atoms with E-state index in [2.05, 4.69) is 9.97 Å². The molecule has 0 saturated heterocycles. The van der Waals surface area contributed by atoms with Crippen molar-refractivity contribution in [1.82, 2.24) is 14.5 Å². The molecule has 0 fully saturated rings. The molecule has 0 bridgehead atoms. The Balaban J connectivity index is 1.83. The van der Waals surface area contributed by atoms with E-state index in [0.29, 0.717) is 6.54 Å². The summed E-state index contributed by atoms with van der Waals surface area (Å²) < 4.78 is 1.95. The number of nitrogens with zero attached hydrogens (tertiary/aromatic N) is 3. The summed E-state index contributed by atoms with van der Waals surface area (Å²) in [7, 11) is 0. The van der Waals surface area contributed by atoms with Crippen molar-refractivity contribution < 1.29 is 5.11 Å². The van der Waals surface area contributed by atoms with Gasteiger partial charge in [0.05, 0.1) is 12.6 Å². The summed E-state index contributed by atoms with van der Waals surface area (Å²) in [6.45, 7) is 2.50. The molecule has 0 saturated carbocycles. The van der Waals surface area contributed by atoms with Gasteiger partial charge in [-0.25, -0.2) is 4.98 Å². The van der Waals surface area contributed by atoms with Crippen molar-refractivity contribution in [3.05, 3.63) is 72.3 Å². The summed E-state index contributed by atoms with van der Waals surface area (Å²) in [6, 6.07) is 11.8. The van der Waals surface area contributed by atoms with Crippen LogP contribution in [0.25, 0.3) is 11.4 Å². The van der Waals surface area contributed by atoms with Gasteiger partial charge in [0.25, 0.3) is 0 Å². The fraction of sp³-hybridized carbons (Fsp3) is 0.176. The first-order valence-electron chi connectivity index (χ1n) is 6.90. The third-order valence-corrected chi connectivity index (χ3v) is 3.47. The molecule has 3 rings (SSSR count). The van der Waals surface area contributed by atoms with Crippen molar-refractivity contribution in [2.75, 3.05) is 0 Å². The van der Waals surface area contributed by atoms with Crippen LogP contribution < -0.4 is 0 Å². The number of rotatable bonds is 4. The van der Waals surface area contributed by atoms with E-state index in [1.165, 1.54) is 5.56 Å². The first-order chi connectivity index (χ1) is 10.2. The van der Waals surface area contributed by atoms with Gasteiger partial charge in [-0.1, -0.05) is 29.8 Å². The highest BCUT2D eigenvalue weighted by Crippen LogP contribution is 2.21. The van der Waals surface area contributed by atoms with Crippen molar-refractivity contribution in [1.29, 1.82) is 0 Å². The van der Waals surface area contributed by atoms with Crippen LogP contribution in [-0.2, 0) is 6.54 Å². The Morgan fingerprint density at radius 2 is 1.95 bits per heavy atom. The van der Waals surface area contributed by atoms with E-state index in [9.17, 15) is 5.11 Å². The molecule has 1 unspecified atom stereocenters. The molecule has 0 spiro atoms. The molecule has 0 aliphatic carbocycles. The number of aryl methyl sites for hydroxylation is 1. The van der Waals surface area contributed by atoms with Crippen LogP contribution in [-0.4, -0.2) is 19.6 Å². The maximum Gasteiger partial charge on any atom is 0.141 e. The van der Waals surface area contributed by atoms with Crippen LogP contribution in [0.5, 0.6) is 0 Å². The average Bonchev–Trinajstić information content (AvgIpc) is 2.97. The molecular formula is C17H17N3O. The van der Waals surface area contributed by atoms with Crippen LogP contribution in [0.15, 0.2) is 61.2 Å². The molecule has 106 valence electrons. The number of benzene rings is 1. The van der Waals surface area contributed by atoms with Crippen molar-refractivity contribution in [3.8, 4) is 11.4 Å². The van der Waals surface area contributed by atoms with Crippen LogP contribution >= 0.6 is 0 Å². The number of hydrogen-bond donors (Lipinski definition) is 1. The third-order valence-electron chi connectivity index (χ3n) is 3.47. The molecule has 3 aromatic rings. The summed E-state index contributed by atoms with van der Waals surface area (Å²) in [5.74, 6) is 0.814. The second-order valence-corrected chi connectivity index (χ2v) is 5.07. The summed E-state index contributed by atoms with van der Waals surface area (Å²) in [4.78, 5) is 8.47. The summed E-state index contributed by atoms with van der Waals surface area (Å²) in [6.07, 6.45) is 6.56. The fourth-order valence-corrected chi connectivity index (χ4v) is 2.29. The first kappa shape index (κ1) is 13.5. The molecule has 4 nitrogen and oxygen atoms in total. The Bertz CT molecular complexity index is 704. The highest BCUT2D eigenvalue weighted by molar-refractivity contribution is 5.53. The van der Waals surface area contributed by atoms with Crippen LogP contribution in [0.4, 0.5) is 0 Å². The molecule has 4 heteroatoms. The smallest absolute Gasteiger partial charge is 0.141 e. The quantitative estimate of drug-likeness (QED) is 0.798. The Morgan fingerprint density at radius 3 is 2.67 bits per heavy atom. The highest BCUT2D eigenvalue weighted by atomic mass is 16.3. The average molecular weight is 279 g/mol. The Hall–Kier alpha value is -2.46. The van der Waals surface area contributed by atoms with E-state index < -0.39 is 6.10 Å². The fourth-order valence-electron chi connectivity index (χ4n) is 2.29. The van der Waals surface area contributed by atoms with Crippen LogP contribution in [0.3, 0.4) is 0 Å². The topological polar surface area (TPSA) is 50.9 Å². The van der Waals surface area contributed by atoms with Gasteiger partial charge in [0.1, 0.15) is 5.82 Å². The van der Waals surface area contributed by atoms with Gasteiger partial charge in [-0.2, -0.15) is 0 Å². The minimum Gasteiger partial charge on any atom is -0.387 e. The highest BCUT2D eigenvalue weighted by Gasteiger charge is 2.12. The van der Waals surface area contributed by atoms with Crippen LogP contribution in [0.1, 0.15) is 17.2 Å². The molecule has 2 heterocycles. The van der Waals surface area contributed by atoms with Gasteiger partial charge in [0, 0.05) is 30.4 Å². The monoisotopic (exact) mass is 279 g/mol. The molecule has 0 amide bonds. The number of pyridine rings is 1. The van der Waals surface area contributed by atoms with E-state index in [1.807, 2.05) is 54.1 Å². The largest absolute Gasteiger partial charge is 0.387 e. The molecule has 0 aliphatic heterocycles. The zero-order chi connectivity index (χ0) is 14.7. The van der Waals surface area contributed by atoms with Crippen molar-refractivity contribution in [2.45, 2.75) is 19.6 Å². The zero-order valence-electron chi connectivity index (χ0n) is 11.8. The lowest BCUT2D eigenvalue weighted by molar-refractivity contribution is 0.157. The SMILES string of the molecule is Cc1ccc(C(O)Cn2ccnc2-c2cccnc2)cc1. The van der Waals surface area contributed by atoms with Crippen LogP contribution in [0.2, 0.25) is 0 Å². The number of aliphatic hydroxyl groups is 1. The minimum absolute atomic E-state index is 0.466. The molecular weight excluding hydrogens is 262 g/mol. The van der Waals surface area contributed by atoms with E-state index >= 15 is 0 Å². The van der Waals surface area contributed by atoms with Gasteiger partial charge < -0.3 is 9.67 Å². The van der Waals surface area contributed by atoms with Gasteiger partial charge in [0.2, 0.25) is 0 Å². The molecule has 0 aliphatic rings. The number of aliphatic hydroxyl groups excluding tert-OH is 1. The Labute approximate surface area is 123 Å². The standard InChI is InChI=1S/C17H17N3O/c1-13-4-6-14(7-5-13)16(21)12-20-10-9-19-17(20)15-3-2-8-18-11-15/h2-11,16,21H,12H2,1H3. The maximum atomic E-state index is 10.4. The van der Waals surface area contributed by atoms with Gasteiger partial charge in [-0.15, -0.1) is 0 Å². The molecule has 1 N–H and O–H groups in total. The summed E-state index contributed by atoms with van der Waals surface area (Å²) in [5, 5.41) is 10.4. The van der Waals surface area contributed by atoms with Gasteiger partial charge in [-0.05, 0) is 24.6 Å². The molecule has 1 aromatic carbocycles. The predicted molar refractivity (Wildman–Crippen MR) is 81.6 cm³/mol. The zero-order valence-corrected chi connectivity index (χ0v) is 11.8. The van der Waals surface area contributed by atoms with E-state index in [1.54, 1.807) is 18.6 Å². The van der Waals surface area contributed by atoms with Gasteiger partial charge >= 0.3 is 0 Å². The normalized spacial score (nSPS) is 12.3. The molecule has 1 atom stereocenters. The second kappa shape index (κ2) is 5.89. The molecule has 0 radical (unpaired) electrons. The van der Waals surface area contributed by atoms with E-state index in [4.69, 9.17) is 0 Å². The van der Waals surface area contributed by atoms with Gasteiger partial charge in [0.15, 0.2) is 0 Å². The second-order valence-electron chi connectivity index (χ2n) is 5.07. The third kappa shape index (κ3) is 3.01. The number of hydrogen-bond acceptors (Lipinski definition) is 3. The Morgan fingerprint density at radius 1 is 1.14 bits per heavy atom. The first-order valence-corrected chi connectivity index (χ1v) is 6.90. The Kier molecular flexibility index (Phi) is 3.79. The van der Waals surface area contributed by atoms with Gasteiger partial charge in [-0.3, -0.25) is 4.98 Å². The molecule has 21 heavy (non-hydrogen) atoms. The van der Waals surface area contributed by atoms with E-state index in [-0.39, 0.29) is 0 Å². The lowest BCUT2D eigenvalue weighted by atomic mass is 10.1. The van der Waals surface area contributed by atoms with Crippen molar-refractivity contribution >= 4 is 0 Å². The summed E-state index contributed by atoms with van der Waals surface area (Å²) >= 11 is 0. The number of imidazole rings is 1. The lowest BCUT2D eigenvalue weighted by Gasteiger charge is -2.14. The van der Waals surface area contributed by atoms with E-state index in [0.717, 1.165) is 17.0 Å². The predicted octanol–water partition coefficient (Wildman–Crippen LogP) is 2.99. The molecule has 2 aromatic heterocycles. The lowest BCUT2D eigenvalue weighted by Crippen LogP contribution is -2.09. The number of aromatic nitrogens is 3. The van der Waals surface area contributed by atoms with Crippen molar-refractivity contribution in [2.24, 2.45) is 0 Å². The minimum atomic E-state index is -0.560. The summed E-state index contributed by atoms with van der Waals surface area (Å²) in [5.41, 5.74) is 3.04. The maximum absolute atomic E-state index is 10.4. The van der Waals surface area contributed by atoms with Crippen LogP contribution in [0, 0.1) is 6.92 Å². The van der Waals surface area contributed by atoms with Crippen molar-refractivity contribution in [3.63, 3.8) is 0 Å².